The molecule has 1 N–H and O–H groups in total. The number of aliphatic hydroxyl groups is 1. The molecule has 0 radical (unpaired) electrons. The van der Waals surface area contributed by atoms with E-state index in [1.54, 1.807) is 42.5 Å². The number of unbranched alkanes of at least 4 members (excludes halogenated alkanes) is 1. The van der Waals surface area contributed by atoms with E-state index in [1.807, 2.05) is 26.0 Å². The molecule has 1 atom stereocenters. The summed E-state index contributed by atoms with van der Waals surface area (Å²) in [5.74, 6) is -0.621. The van der Waals surface area contributed by atoms with Crippen molar-refractivity contribution >= 4 is 49.3 Å². The average Bonchev–Trinajstić information content (AvgIpc) is 3.71. The highest BCUT2D eigenvalue weighted by molar-refractivity contribution is 7.22. The number of nitrogens with zero attached hydrogens (tertiary/aromatic N) is 2. The highest BCUT2D eigenvalue weighted by Gasteiger charge is 2.47. The van der Waals surface area contributed by atoms with Gasteiger partial charge in [-0.2, -0.15) is 0 Å². The van der Waals surface area contributed by atoms with Gasteiger partial charge in [0, 0.05) is 5.39 Å². The van der Waals surface area contributed by atoms with Crippen LogP contribution in [0.3, 0.4) is 0 Å². The molecule has 1 unspecified atom stereocenters. The number of Topliss-reactive ketones (excluding diaryl/α,β-unsaturated/α-hetero) is 1. The maximum absolute atomic E-state index is 14.2. The van der Waals surface area contributed by atoms with E-state index in [9.17, 15) is 14.7 Å². The van der Waals surface area contributed by atoms with Crippen LogP contribution in [-0.4, -0.2) is 42.6 Å². The number of amides is 1. The molecule has 1 amide bonds. The van der Waals surface area contributed by atoms with Gasteiger partial charge in [-0.1, -0.05) is 48.9 Å². The lowest BCUT2D eigenvalue weighted by Crippen LogP contribution is -2.31. The Balaban J connectivity index is 1.50. The molecule has 0 bridgehead atoms. The highest BCUT2D eigenvalue weighted by Crippen LogP contribution is 2.46. The summed E-state index contributed by atoms with van der Waals surface area (Å²) in [7, 11) is 3.05. The van der Waals surface area contributed by atoms with Gasteiger partial charge >= 0.3 is 0 Å². The normalized spacial score (nSPS) is 15.1. The number of methoxy groups -OCH3 is 2. The Labute approximate surface area is 258 Å². The number of aliphatic hydroxyl groups excluding tert-OH is 1. The summed E-state index contributed by atoms with van der Waals surface area (Å²) < 4.78 is 23.9. The van der Waals surface area contributed by atoms with E-state index >= 15 is 0 Å². The first-order valence-corrected chi connectivity index (χ1v) is 15.1. The number of hydrogen-bond acceptors (Lipinski definition) is 9. The second-order valence-electron chi connectivity index (χ2n) is 10.7. The van der Waals surface area contributed by atoms with Gasteiger partial charge in [-0.15, -0.1) is 0 Å². The lowest BCUT2D eigenvalue weighted by Gasteiger charge is -2.25. The molecule has 0 saturated heterocycles. The maximum atomic E-state index is 14.2. The van der Waals surface area contributed by atoms with Crippen LogP contribution >= 0.6 is 11.3 Å². The summed E-state index contributed by atoms with van der Waals surface area (Å²) in [6, 6.07) is 15.2. The average molecular weight is 613 g/mol. The number of thiazole rings is 1. The molecule has 1 aliphatic heterocycles. The number of hydrogen-bond donors (Lipinski definition) is 1. The van der Waals surface area contributed by atoms with Crippen molar-refractivity contribution in [1.29, 1.82) is 0 Å². The van der Waals surface area contributed by atoms with Crippen molar-refractivity contribution in [2.45, 2.75) is 39.7 Å². The molecule has 0 spiro atoms. The van der Waals surface area contributed by atoms with E-state index in [-0.39, 0.29) is 11.3 Å². The number of aryl methyl sites for hydroxylation is 2. The molecular weight excluding hydrogens is 580 g/mol. The molecule has 0 aliphatic carbocycles. The van der Waals surface area contributed by atoms with Gasteiger partial charge in [-0.25, -0.2) is 4.98 Å². The van der Waals surface area contributed by atoms with Crippen molar-refractivity contribution in [3.63, 3.8) is 0 Å². The van der Waals surface area contributed by atoms with Crippen LogP contribution in [0.4, 0.5) is 5.13 Å². The minimum atomic E-state index is -1.02. The lowest BCUT2D eigenvalue weighted by molar-refractivity contribution is -0.117. The topological polar surface area (TPSA) is 111 Å². The fourth-order valence-electron chi connectivity index (χ4n) is 5.55. The second kappa shape index (κ2) is 11.7. The number of anilines is 1. The predicted molar refractivity (Wildman–Crippen MR) is 169 cm³/mol. The number of furan rings is 1. The molecule has 226 valence electrons. The Kier molecular flexibility index (Phi) is 7.77. The van der Waals surface area contributed by atoms with E-state index in [0.717, 1.165) is 34.2 Å². The molecule has 5 aromatic rings. The van der Waals surface area contributed by atoms with Gasteiger partial charge in [0.05, 0.1) is 42.7 Å². The van der Waals surface area contributed by atoms with Gasteiger partial charge in [-0.3, -0.25) is 14.5 Å². The van der Waals surface area contributed by atoms with Crippen molar-refractivity contribution in [3.8, 4) is 17.2 Å². The van der Waals surface area contributed by atoms with Crippen molar-refractivity contribution in [2.24, 2.45) is 0 Å². The molecule has 1 aliphatic rings. The largest absolute Gasteiger partial charge is 0.503 e. The van der Waals surface area contributed by atoms with Crippen LogP contribution in [0.5, 0.6) is 17.2 Å². The highest BCUT2D eigenvalue weighted by atomic mass is 32.1. The number of carbonyl (C=O) groups excluding carboxylic acids is 2. The molecule has 0 saturated carbocycles. The number of rotatable bonds is 10. The van der Waals surface area contributed by atoms with Gasteiger partial charge in [-0.05, 0) is 67.3 Å². The van der Waals surface area contributed by atoms with Gasteiger partial charge < -0.3 is 23.7 Å². The van der Waals surface area contributed by atoms with Gasteiger partial charge in [0.25, 0.3) is 5.91 Å². The smallest absolute Gasteiger partial charge is 0.296 e. The molecule has 6 rings (SSSR count). The molecule has 3 aromatic carbocycles. The Morgan fingerprint density at radius 3 is 2.59 bits per heavy atom. The summed E-state index contributed by atoms with van der Waals surface area (Å²) in [5, 5.41) is 12.4. The number of carbonyl (C=O) groups is 2. The van der Waals surface area contributed by atoms with Crippen molar-refractivity contribution in [1.82, 2.24) is 4.98 Å². The van der Waals surface area contributed by atoms with Crippen molar-refractivity contribution in [2.75, 3.05) is 25.7 Å². The summed E-state index contributed by atoms with van der Waals surface area (Å²) in [6.07, 6.45) is 1.85. The number of para-hydroxylation sites is 1. The van der Waals surface area contributed by atoms with Crippen molar-refractivity contribution in [3.05, 3.63) is 88.4 Å². The minimum absolute atomic E-state index is 0.0343. The van der Waals surface area contributed by atoms with Crippen molar-refractivity contribution < 1.29 is 33.3 Å². The van der Waals surface area contributed by atoms with Gasteiger partial charge in [0.15, 0.2) is 39.5 Å². The third-order valence-electron chi connectivity index (χ3n) is 7.69. The zero-order chi connectivity index (χ0) is 31.1. The lowest BCUT2D eigenvalue weighted by atomic mass is 9.95. The molecular formula is C34H32N2O7S. The third kappa shape index (κ3) is 4.94. The molecule has 3 heterocycles. The standard InChI is InChI=1S/C34H32N2O7S/c1-6-7-13-42-22-12-11-20(16-24(22)41-5)29-27(30(37)25-17-21-9-8-10-23(40-4)32(21)43-25)31(38)33(39)36(29)34-35-28-19(3)14-18(2)15-26(28)44-34/h8-12,14-17,29,38H,6-7,13H2,1-5H3. The number of benzene rings is 3. The number of ketones is 1. The van der Waals surface area contributed by atoms with E-state index < -0.39 is 23.5 Å². The van der Waals surface area contributed by atoms with Crippen LogP contribution in [0.15, 0.2) is 70.3 Å². The molecule has 0 fully saturated rings. The summed E-state index contributed by atoms with van der Waals surface area (Å²) in [5.41, 5.74) is 3.58. The minimum Gasteiger partial charge on any atom is -0.503 e. The zero-order valence-electron chi connectivity index (χ0n) is 25.1. The Bertz CT molecular complexity index is 1950. The molecule has 2 aromatic heterocycles. The molecule has 9 nitrogen and oxygen atoms in total. The maximum Gasteiger partial charge on any atom is 0.296 e. The zero-order valence-corrected chi connectivity index (χ0v) is 25.9. The summed E-state index contributed by atoms with van der Waals surface area (Å²) in [4.78, 5) is 34.2. The second-order valence-corrected chi connectivity index (χ2v) is 11.7. The first-order valence-electron chi connectivity index (χ1n) is 14.3. The predicted octanol–water partition coefficient (Wildman–Crippen LogP) is 7.64. The van der Waals surface area contributed by atoms with Crippen LogP contribution < -0.4 is 19.1 Å². The molecule has 10 heteroatoms. The summed E-state index contributed by atoms with van der Waals surface area (Å²) in [6.45, 7) is 6.56. The Morgan fingerprint density at radius 2 is 1.84 bits per heavy atom. The SMILES string of the molecule is CCCCOc1ccc(C2C(C(=O)c3cc4cccc(OC)c4o3)=C(O)C(=O)N2c2nc3c(C)cc(C)cc3s2)cc1OC. The van der Waals surface area contributed by atoms with Crippen LogP contribution in [0.25, 0.3) is 21.2 Å². The fraction of sp³-hybridized carbons (Fsp3) is 0.265. The molecule has 44 heavy (non-hydrogen) atoms. The van der Waals surface area contributed by atoms with Crippen LogP contribution in [0.2, 0.25) is 0 Å². The Hall–Kier alpha value is -4.83. The van der Waals surface area contributed by atoms with Crippen LogP contribution in [0, 0.1) is 13.8 Å². The monoisotopic (exact) mass is 612 g/mol. The van der Waals surface area contributed by atoms with E-state index in [4.69, 9.17) is 23.6 Å². The fourth-order valence-corrected chi connectivity index (χ4v) is 6.72. The van der Waals surface area contributed by atoms with E-state index in [0.29, 0.717) is 45.5 Å². The van der Waals surface area contributed by atoms with Crippen LogP contribution in [0.1, 0.15) is 53.1 Å². The quantitative estimate of drug-likeness (QED) is 0.127. The van der Waals surface area contributed by atoms with E-state index in [2.05, 4.69) is 6.92 Å². The number of aromatic nitrogens is 1. The summed E-state index contributed by atoms with van der Waals surface area (Å²) >= 11 is 1.32. The van der Waals surface area contributed by atoms with E-state index in [1.165, 1.54) is 30.5 Å². The Morgan fingerprint density at radius 1 is 1.05 bits per heavy atom. The van der Waals surface area contributed by atoms with Gasteiger partial charge in [0.2, 0.25) is 5.78 Å². The first-order chi connectivity index (χ1) is 21.2. The van der Waals surface area contributed by atoms with Gasteiger partial charge in [0.1, 0.15) is 0 Å². The first kappa shape index (κ1) is 29.3. The third-order valence-corrected chi connectivity index (χ3v) is 8.69. The number of fused-ring (bicyclic) bond motifs is 2. The van der Waals surface area contributed by atoms with Crippen LogP contribution in [-0.2, 0) is 4.79 Å². The number of ether oxygens (including phenoxy) is 3.